The number of hydrogen-bond acceptors (Lipinski definition) is 9. The van der Waals surface area contributed by atoms with Crippen molar-refractivity contribution in [2.45, 2.75) is 25.3 Å². The topological polar surface area (TPSA) is 144 Å². The zero-order valence-electron chi connectivity index (χ0n) is 19.1. The summed E-state index contributed by atoms with van der Waals surface area (Å²) in [6, 6.07) is 3.14. The van der Waals surface area contributed by atoms with Crippen LogP contribution < -0.4 is 9.47 Å². The van der Waals surface area contributed by atoms with E-state index in [2.05, 4.69) is 5.10 Å². The van der Waals surface area contributed by atoms with Gasteiger partial charge in [-0.1, -0.05) is 11.6 Å². The maximum Gasteiger partial charge on any atom is 0.434 e. The Balaban J connectivity index is 2.24. The molecule has 1 unspecified atom stereocenters. The molecule has 0 amide bonds. The summed E-state index contributed by atoms with van der Waals surface area (Å²) < 4.78 is 66.4. The Morgan fingerprint density at radius 3 is 2.56 bits per heavy atom. The van der Waals surface area contributed by atoms with Crippen LogP contribution in [0.5, 0.6) is 17.4 Å². The minimum Gasteiger partial charge on any atom is -0.481 e. The van der Waals surface area contributed by atoms with Gasteiger partial charge in [-0.3, -0.25) is 19.6 Å². The molecule has 1 atom stereocenters. The fourth-order valence-electron chi connectivity index (χ4n) is 2.80. The summed E-state index contributed by atoms with van der Waals surface area (Å²) in [6.07, 6.45) is -6.57. The van der Waals surface area contributed by atoms with E-state index >= 15 is 0 Å². The zero-order valence-corrected chi connectivity index (χ0v) is 19.9. The third-order valence-electron chi connectivity index (χ3n) is 4.39. The van der Waals surface area contributed by atoms with Crippen LogP contribution in [0.3, 0.4) is 0 Å². The summed E-state index contributed by atoms with van der Waals surface area (Å²) in [5.41, 5.74) is -1.77. The molecule has 2 rings (SSSR count). The minimum absolute atomic E-state index is 0.0260. The van der Waals surface area contributed by atoms with Crippen LogP contribution >= 0.6 is 11.6 Å². The highest BCUT2D eigenvalue weighted by Crippen LogP contribution is 2.41. The van der Waals surface area contributed by atoms with Crippen molar-refractivity contribution in [2.24, 2.45) is 7.05 Å². The number of hydrogen-bond donors (Lipinski definition) is 1. The molecule has 0 bridgehead atoms. The molecule has 1 aromatic carbocycles. The molecule has 0 saturated heterocycles. The first kappa shape index (κ1) is 29.1. The van der Waals surface area contributed by atoms with E-state index in [0.717, 1.165) is 25.2 Å². The van der Waals surface area contributed by atoms with Crippen molar-refractivity contribution in [3.8, 4) is 17.4 Å². The highest BCUT2D eigenvalue weighted by Gasteiger charge is 2.39. The van der Waals surface area contributed by atoms with Gasteiger partial charge in [0.2, 0.25) is 12.0 Å². The molecule has 0 aliphatic rings. The first-order valence-electron chi connectivity index (χ1n) is 10.3. The van der Waals surface area contributed by atoms with E-state index in [-0.39, 0.29) is 44.2 Å². The van der Waals surface area contributed by atoms with Gasteiger partial charge in [0.15, 0.2) is 5.69 Å². The highest BCUT2D eigenvalue weighted by atomic mass is 35.5. The van der Waals surface area contributed by atoms with Gasteiger partial charge in [0, 0.05) is 32.7 Å². The Morgan fingerprint density at radius 1 is 1.28 bits per heavy atom. The molecule has 0 aliphatic heterocycles. The predicted molar refractivity (Wildman–Crippen MR) is 116 cm³/mol. The quantitative estimate of drug-likeness (QED) is 0.152. The maximum absolute atomic E-state index is 13.2. The van der Waals surface area contributed by atoms with Crippen LogP contribution in [0.1, 0.15) is 18.5 Å². The molecule has 0 aliphatic carbocycles. The number of aryl methyl sites for hydroxylation is 1. The molecule has 1 N–H and O–H groups in total. The summed E-state index contributed by atoms with van der Waals surface area (Å²) in [5, 5.41) is 23.2. The fraction of sp³-hybridized carbons (Fsp3) is 0.500. The van der Waals surface area contributed by atoms with E-state index < -0.39 is 45.6 Å². The number of ether oxygens (including phenoxy) is 5. The normalized spacial score (nSPS) is 12.4. The summed E-state index contributed by atoms with van der Waals surface area (Å²) >= 11 is 5.78. The first-order valence-corrected chi connectivity index (χ1v) is 10.6. The molecular formula is C20H23ClF3N3O9. The van der Waals surface area contributed by atoms with Gasteiger partial charge < -0.3 is 28.8 Å². The smallest absolute Gasteiger partial charge is 0.434 e. The van der Waals surface area contributed by atoms with Crippen LogP contribution in [0.25, 0.3) is 0 Å². The predicted octanol–water partition coefficient (Wildman–Crippen LogP) is 4.04. The van der Waals surface area contributed by atoms with Crippen molar-refractivity contribution in [1.82, 2.24) is 9.78 Å². The Hall–Kier alpha value is -3.14. The Kier molecular flexibility index (Phi) is 10.7. The van der Waals surface area contributed by atoms with E-state index in [4.69, 9.17) is 40.4 Å². The average Bonchev–Trinajstić information content (AvgIpc) is 3.06. The van der Waals surface area contributed by atoms with E-state index in [1.807, 2.05) is 0 Å². The number of benzene rings is 1. The molecule has 16 heteroatoms. The number of nitrogens with zero attached hydrogens (tertiary/aromatic N) is 3. The molecule has 1 aromatic heterocycles. The molecule has 0 saturated carbocycles. The molecule has 0 radical (unpaired) electrons. The summed E-state index contributed by atoms with van der Waals surface area (Å²) in [5.74, 6) is -2.29. The number of nitro groups is 1. The summed E-state index contributed by atoms with van der Waals surface area (Å²) in [4.78, 5) is 21.7. The monoisotopic (exact) mass is 541 g/mol. The number of aromatic nitrogens is 2. The number of methoxy groups -OCH3 is 1. The molecule has 200 valence electrons. The second kappa shape index (κ2) is 13.2. The zero-order chi connectivity index (χ0) is 26.9. The van der Waals surface area contributed by atoms with Crippen molar-refractivity contribution >= 4 is 23.3 Å². The standard InChI is InChI=1S/C20H23ClF3N3O9/c1-26-18(20(22,23)24)17(21)19(25-26)35-12-3-4-13(27(30)31)14(11-12)36-16(6-5-15(28)29)34-10-9-33-8-7-32-2/h3-4,11,16H,5-10H2,1-2H3,(H,28,29). The second-order valence-electron chi connectivity index (χ2n) is 7.03. The lowest BCUT2D eigenvalue weighted by Crippen LogP contribution is -2.24. The second-order valence-corrected chi connectivity index (χ2v) is 7.41. The third-order valence-corrected chi connectivity index (χ3v) is 4.73. The maximum atomic E-state index is 13.2. The van der Waals surface area contributed by atoms with Gasteiger partial charge in [0.25, 0.3) is 5.88 Å². The number of halogens is 4. The Bertz CT molecular complexity index is 1050. The molecular weight excluding hydrogens is 519 g/mol. The van der Waals surface area contributed by atoms with Crippen LogP contribution in [-0.4, -0.2) is 65.6 Å². The van der Waals surface area contributed by atoms with Gasteiger partial charge in [-0.15, -0.1) is 5.10 Å². The lowest BCUT2D eigenvalue weighted by molar-refractivity contribution is -0.386. The number of rotatable bonds is 15. The fourth-order valence-corrected chi connectivity index (χ4v) is 3.11. The number of nitro benzene ring substituents is 1. The van der Waals surface area contributed by atoms with E-state index in [0.29, 0.717) is 11.3 Å². The number of aliphatic carboxylic acids is 1. The van der Waals surface area contributed by atoms with Crippen LogP contribution in [0.2, 0.25) is 5.02 Å². The molecule has 1 heterocycles. The van der Waals surface area contributed by atoms with Crippen LogP contribution in [-0.2, 0) is 32.2 Å². The number of carboxylic acids is 1. The van der Waals surface area contributed by atoms with Crippen molar-refractivity contribution in [2.75, 3.05) is 33.5 Å². The average molecular weight is 542 g/mol. The first-order chi connectivity index (χ1) is 16.9. The lowest BCUT2D eigenvalue weighted by Gasteiger charge is -2.19. The summed E-state index contributed by atoms with van der Waals surface area (Å²) in [6.45, 7) is 0.725. The van der Waals surface area contributed by atoms with E-state index in [9.17, 15) is 28.1 Å². The highest BCUT2D eigenvalue weighted by molar-refractivity contribution is 6.32. The molecule has 12 nitrogen and oxygen atoms in total. The van der Waals surface area contributed by atoms with Gasteiger partial charge in [-0.05, 0) is 6.07 Å². The van der Waals surface area contributed by atoms with Gasteiger partial charge in [0.1, 0.15) is 10.8 Å². The van der Waals surface area contributed by atoms with E-state index in [1.165, 1.54) is 7.11 Å². The third kappa shape index (κ3) is 8.51. The van der Waals surface area contributed by atoms with Crippen molar-refractivity contribution < 1.29 is 51.7 Å². The van der Waals surface area contributed by atoms with Crippen LogP contribution in [0, 0.1) is 10.1 Å². The van der Waals surface area contributed by atoms with Crippen LogP contribution in [0.4, 0.5) is 18.9 Å². The van der Waals surface area contributed by atoms with E-state index in [1.54, 1.807) is 0 Å². The molecule has 0 fully saturated rings. The Morgan fingerprint density at radius 2 is 1.97 bits per heavy atom. The minimum atomic E-state index is -4.80. The van der Waals surface area contributed by atoms with Gasteiger partial charge >= 0.3 is 17.8 Å². The largest absolute Gasteiger partial charge is 0.481 e. The number of alkyl halides is 3. The van der Waals surface area contributed by atoms with Gasteiger partial charge in [-0.2, -0.15) is 13.2 Å². The SMILES string of the molecule is COCCOCCOC(CCC(=O)O)Oc1cc(Oc2nn(C)c(C(F)(F)F)c2Cl)ccc1[N+](=O)[O-]. The lowest BCUT2D eigenvalue weighted by atomic mass is 10.2. The molecule has 36 heavy (non-hydrogen) atoms. The molecule has 2 aromatic rings. The van der Waals surface area contributed by atoms with Gasteiger partial charge in [-0.25, -0.2) is 0 Å². The molecule has 0 spiro atoms. The Labute approximate surface area is 207 Å². The van der Waals surface area contributed by atoms with Gasteiger partial charge in [0.05, 0.1) is 37.8 Å². The number of carbonyl (C=O) groups is 1. The van der Waals surface area contributed by atoms with Crippen molar-refractivity contribution in [3.63, 3.8) is 0 Å². The van der Waals surface area contributed by atoms with Crippen molar-refractivity contribution in [3.05, 3.63) is 39.0 Å². The number of carboxylic acid groups (broad SMARTS) is 1. The van der Waals surface area contributed by atoms with Crippen molar-refractivity contribution in [1.29, 1.82) is 0 Å². The van der Waals surface area contributed by atoms with Crippen LogP contribution in [0.15, 0.2) is 18.2 Å². The summed E-state index contributed by atoms with van der Waals surface area (Å²) in [7, 11) is 2.52.